The average molecular weight is 539 g/mol. The predicted octanol–water partition coefficient (Wildman–Crippen LogP) is 6.67. The van der Waals surface area contributed by atoms with Crippen molar-refractivity contribution in [1.29, 1.82) is 0 Å². The average Bonchev–Trinajstić information content (AvgIpc) is 3.72. The highest BCUT2D eigenvalue weighted by Gasteiger charge is 2.41. The van der Waals surface area contributed by atoms with E-state index in [0.29, 0.717) is 18.8 Å². The minimum absolute atomic E-state index is 0.180. The molecule has 4 heterocycles. The number of nitrogens with zero attached hydrogens (tertiary/aromatic N) is 4. The first-order valence-electron chi connectivity index (χ1n) is 14.3. The van der Waals surface area contributed by atoms with Gasteiger partial charge < -0.3 is 19.0 Å². The fourth-order valence-electron chi connectivity index (χ4n) is 6.84. The number of halogens is 1. The van der Waals surface area contributed by atoms with E-state index in [9.17, 15) is 5.11 Å². The zero-order valence-electron chi connectivity index (χ0n) is 23.3. The molecule has 2 aliphatic rings. The molecule has 1 aliphatic heterocycles. The Bertz CT molecular complexity index is 1710. The first kappa shape index (κ1) is 25.4. The Labute approximate surface area is 233 Å². The summed E-state index contributed by atoms with van der Waals surface area (Å²) in [5.74, 6) is 0.235. The van der Waals surface area contributed by atoms with E-state index in [4.69, 9.17) is 9.72 Å². The molecule has 1 N–H and O–H groups in total. The molecular formula is C33H35FN4O2. The molecule has 6 nitrogen and oxygen atoms in total. The van der Waals surface area contributed by atoms with E-state index in [0.717, 1.165) is 70.1 Å². The van der Waals surface area contributed by atoms with Gasteiger partial charge >= 0.3 is 0 Å². The van der Waals surface area contributed by atoms with Gasteiger partial charge in [-0.1, -0.05) is 30.3 Å². The molecule has 1 saturated carbocycles. The van der Waals surface area contributed by atoms with Crippen LogP contribution in [0.4, 0.5) is 4.39 Å². The molecule has 1 aliphatic carbocycles. The van der Waals surface area contributed by atoms with E-state index in [1.165, 1.54) is 0 Å². The van der Waals surface area contributed by atoms with Gasteiger partial charge in [0.1, 0.15) is 5.82 Å². The number of imidazole rings is 1. The zero-order valence-corrected chi connectivity index (χ0v) is 23.3. The van der Waals surface area contributed by atoms with Crippen LogP contribution in [-0.4, -0.2) is 37.4 Å². The van der Waals surface area contributed by atoms with Gasteiger partial charge in [-0.15, -0.1) is 0 Å². The highest BCUT2D eigenvalue weighted by molar-refractivity contribution is 6.07. The molecule has 2 fully saturated rings. The number of hydrogen-bond acceptors (Lipinski definition) is 4. The van der Waals surface area contributed by atoms with Crippen molar-refractivity contribution in [2.45, 2.75) is 51.2 Å². The molecule has 5 aromatic rings. The van der Waals surface area contributed by atoms with Crippen LogP contribution in [0.3, 0.4) is 0 Å². The second-order valence-electron chi connectivity index (χ2n) is 11.8. The van der Waals surface area contributed by atoms with Gasteiger partial charge in [0.25, 0.3) is 0 Å². The van der Waals surface area contributed by atoms with Crippen LogP contribution < -0.4 is 0 Å². The maximum atomic E-state index is 15.7. The van der Waals surface area contributed by atoms with Crippen molar-refractivity contribution >= 4 is 21.9 Å². The van der Waals surface area contributed by atoms with Crippen LogP contribution in [0.5, 0.6) is 0 Å². The van der Waals surface area contributed by atoms with Gasteiger partial charge in [-0.05, 0) is 75.1 Å². The standard InChI is InChI=1S/C33H35FN4O2/c1-20-31(37(3)19-36-20)22-16-29-30(35-18-22)26-11-10-24(33(2,39)23-8-9-23)17-28(26)38(29)32(21-12-14-40-15-13-21)25-6-4-5-7-27(25)34/h4-7,10-11,16-19,21,23,32,39H,8-9,12-15H2,1-3H3/t32-,33?/m0/s1. The smallest absolute Gasteiger partial charge is 0.128 e. The SMILES string of the molecule is Cc1ncn(C)c1-c1cnc2c3ccc(C(C)(O)C4CC4)cc3n([C@H](c3ccccc3F)C3CCOCC3)c2c1. The van der Waals surface area contributed by atoms with Gasteiger partial charge in [0.05, 0.1) is 45.9 Å². The lowest BCUT2D eigenvalue weighted by Crippen LogP contribution is -2.28. The Morgan fingerprint density at radius 3 is 2.50 bits per heavy atom. The molecule has 1 unspecified atom stereocenters. The van der Waals surface area contributed by atoms with Crippen molar-refractivity contribution in [3.8, 4) is 11.3 Å². The molecule has 2 atom stereocenters. The number of hydrogen-bond donors (Lipinski definition) is 1. The van der Waals surface area contributed by atoms with E-state index < -0.39 is 5.60 Å². The van der Waals surface area contributed by atoms with Crippen LogP contribution in [-0.2, 0) is 17.4 Å². The second-order valence-corrected chi connectivity index (χ2v) is 11.8. The molecule has 0 bridgehead atoms. The lowest BCUT2D eigenvalue weighted by Gasteiger charge is -2.33. The zero-order chi connectivity index (χ0) is 27.6. The number of aromatic nitrogens is 4. The number of benzene rings is 2. The third-order valence-corrected chi connectivity index (χ3v) is 9.20. The predicted molar refractivity (Wildman–Crippen MR) is 155 cm³/mol. The van der Waals surface area contributed by atoms with Crippen molar-refractivity contribution in [1.82, 2.24) is 19.1 Å². The second kappa shape index (κ2) is 9.53. The first-order chi connectivity index (χ1) is 19.3. The van der Waals surface area contributed by atoms with Crippen LogP contribution in [0.25, 0.3) is 33.2 Å². The first-order valence-corrected chi connectivity index (χ1v) is 14.3. The van der Waals surface area contributed by atoms with Crippen molar-refractivity contribution < 1.29 is 14.2 Å². The van der Waals surface area contributed by atoms with Crippen molar-refractivity contribution in [3.63, 3.8) is 0 Å². The number of aryl methyl sites for hydroxylation is 2. The highest BCUT2D eigenvalue weighted by atomic mass is 19.1. The summed E-state index contributed by atoms with van der Waals surface area (Å²) in [6.45, 7) is 5.25. The van der Waals surface area contributed by atoms with E-state index in [1.807, 2.05) is 56.2 Å². The Kier molecular flexibility index (Phi) is 6.06. The monoisotopic (exact) mass is 538 g/mol. The molecule has 0 amide bonds. The van der Waals surface area contributed by atoms with Crippen molar-refractivity contribution in [2.24, 2.45) is 18.9 Å². The lowest BCUT2D eigenvalue weighted by atomic mass is 9.86. The van der Waals surface area contributed by atoms with E-state index in [-0.39, 0.29) is 23.7 Å². The molecule has 3 aromatic heterocycles. The Balaban J connectivity index is 1.55. The summed E-state index contributed by atoms with van der Waals surface area (Å²) in [7, 11) is 1.99. The Morgan fingerprint density at radius 2 is 1.80 bits per heavy atom. The van der Waals surface area contributed by atoms with Crippen LogP contribution >= 0.6 is 0 Å². The summed E-state index contributed by atoms with van der Waals surface area (Å²) >= 11 is 0. The van der Waals surface area contributed by atoms with Gasteiger partial charge in [0, 0.05) is 43.0 Å². The van der Waals surface area contributed by atoms with Crippen LogP contribution in [0.15, 0.2) is 61.1 Å². The molecule has 0 radical (unpaired) electrons. The normalized spacial score (nSPS) is 18.8. The lowest BCUT2D eigenvalue weighted by molar-refractivity contribution is 0.0332. The fourth-order valence-corrected chi connectivity index (χ4v) is 6.84. The maximum absolute atomic E-state index is 15.7. The van der Waals surface area contributed by atoms with E-state index >= 15 is 4.39 Å². The number of pyridine rings is 1. The summed E-state index contributed by atoms with van der Waals surface area (Å²) in [5.41, 5.74) is 6.38. The number of aliphatic hydroxyl groups is 1. The fraction of sp³-hybridized carbons (Fsp3) is 0.394. The van der Waals surface area contributed by atoms with Crippen molar-refractivity contribution in [3.05, 3.63) is 83.7 Å². The Morgan fingerprint density at radius 1 is 1.02 bits per heavy atom. The van der Waals surface area contributed by atoms with Gasteiger partial charge in [-0.3, -0.25) is 4.98 Å². The molecular weight excluding hydrogens is 503 g/mol. The highest BCUT2D eigenvalue weighted by Crippen LogP contribution is 2.47. The summed E-state index contributed by atoms with van der Waals surface area (Å²) < 4.78 is 25.7. The number of fused-ring (bicyclic) bond motifs is 3. The van der Waals surface area contributed by atoms with Crippen molar-refractivity contribution in [2.75, 3.05) is 13.2 Å². The maximum Gasteiger partial charge on any atom is 0.128 e. The third-order valence-electron chi connectivity index (χ3n) is 9.20. The van der Waals surface area contributed by atoms with Gasteiger partial charge in [0.15, 0.2) is 0 Å². The molecule has 2 aromatic carbocycles. The van der Waals surface area contributed by atoms with Gasteiger partial charge in [-0.25, -0.2) is 9.37 Å². The molecule has 206 valence electrons. The quantitative estimate of drug-likeness (QED) is 0.262. The third kappa shape index (κ3) is 4.06. The largest absolute Gasteiger partial charge is 0.385 e. The Hall–Kier alpha value is -3.55. The number of rotatable bonds is 6. The van der Waals surface area contributed by atoms with E-state index in [1.54, 1.807) is 12.1 Å². The van der Waals surface area contributed by atoms with Crippen LogP contribution in [0, 0.1) is 24.6 Å². The molecule has 7 rings (SSSR count). The van der Waals surface area contributed by atoms with Crippen LogP contribution in [0.1, 0.15) is 55.5 Å². The minimum atomic E-state index is -0.911. The molecule has 1 saturated heterocycles. The summed E-state index contributed by atoms with van der Waals surface area (Å²) in [4.78, 5) is 9.51. The summed E-state index contributed by atoms with van der Waals surface area (Å²) in [6.07, 6.45) is 7.48. The summed E-state index contributed by atoms with van der Waals surface area (Å²) in [5, 5.41) is 12.5. The summed E-state index contributed by atoms with van der Waals surface area (Å²) in [6, 6.07) is 15.3. The van der Waals surface area contributed by atoms with E-state index in [2.05, 4.69) is 27.8 Å². The minimum Gasteiger partial charge on any atom is -0.385 e. The van der Waals surface area contributed by atoms with Gasteiger partial charge in [-0.2, -0.15) is 0 Å². The van der Waals surface area contributed by atoms with Crippen LogP contribution in [0.2, 0.25) is 0 Å². The molecule has 7 heteroatoms. The number of ether oxygens (including phenoxy) is 1. The molecule has 0 spiro atoms. The molecule has 40 heavy (non-hydrogen) atoms. The topological polar surface area (TPSA) is 65.1 Å². The van der Waals surface area contributed by atoms with Gasteiger partial charge in [0.2, 0.25) is 0 Å².